The highest BCUT2D eigenvalue weighted by molar-refractivity contribution is 7.89. The second-order valence-electron chi connectivity index (χ2n) is 20.3. The number of aliphatic hydroxyl groups is 1. The fourth-order valence-corrected chi connectivity index (χ4v) is 15.4. The van der Waals surface area contributed by atoms with Crippen LogP contribution in [0.4, 0.5) is 0 Å². The van der Waals surface area contributed by atoms with E-state index in [0.29, 0.717) is 40.2 Å². The number of nitrogens with zero attached hydrogens (tertiary/aromatic N) is 2. The number of carbonyl (C=O) groups excluding carboxylic acids is 3. The zero-order valence-corrected chi connectivity index (χ0v) is 39.7. The SMILES string of the molecule is Cc1ccc(S(=O)(=O)N(CCCC(=O)N[C@H]2CC[C@@]3(C)[C@H](CC[C@@H]4[C@@H]3CC[C@]3(C)[C@@H](C5=CC(=O)OC5)CC[C@]43O)C2)C(=O)c2c3ccccc3[n+](CCCS(=O)(=O)O)c3ccccc23)cc1. The zero-order valence-electron chi connectivity index (χ0n) is 38.1. The van der Waals surface area contributed by atoms with Crippen LogP contribution < -0.4 is 9.88 Å². The maximum Gasteiger partial charge on any atom is 0.331 e. The van der Waals surface area contributed by atoms with Gasteiger partial charge in [-0.1, -0.05) is 55.8 Å². The number of pyridine rings is 1. The molecule has 3 N–H and O–H groups in total. The number of cyclic esters (lactones) is 1. The second kappa shape index (κ2) is 17.4. The summed E-state index contributed by atoms with van der Waals surface area (Å²) in [6.07, 6.45) is 9.87. The number of sulfonamides is 1. The van der Waals surface area contributed by atoms with Gasteiger partial charge in [0.25, 0.3) is 26.0 Å². The van der Waals surface area contributed by atoms with Crippen LogP contribution in [0.15, 0.2) is 89.3 Å². The van der Waals surface area contributed by atoms with Gasteiger partial charge in [0.1, 0.15) is 6.61 Å². The Labute approximate surface area is 387 Å². The number of aromatic nitrogens is 1. The normalized spacial score (nSPS) is 29.7. The van der Waals surface area contributed by atoms with Crippen LogP contribution in [0.25, 0.3) is 21.8 Å². The summed E-state index contributed by atoms with van der Waals surface area (Å²) in [5, 5.41) is 16.9. The van der Waals surface area contributed by atoms with Crippen LogP contribution in [0.1, 0.15) is 107 Å². The lowest BCUT2D eigenvalue weighted by atomic mass is 9.43. The Morgan fingerprint density at radius 3 is 2.18 bits per heavy atom. The highest BCUT2D eigenvalue weighted by Gasteiger charge is 2.67. The maximum atomic E-state index is 15.0. The van der Waals surface area contributed by atoms with E-state index < -0.39 is 37.4 Å². The highest BCUT2D eigenvalue weighted by atomic mass is 32.2. The van der Waals surface area contributed by atoms with Crippen LogP contribution in [-0.2, 0) is 41.0 Å². The summed E-state index contributed by atoms with van der Waals surface area (Å²) < 4.78 is 69.9. The van der Waals surface area contributed by atoms with Gasteiger partial charge >= 0.3 is 5.97 Å². The molecule has 0 saturated heterocycles. The number of aryl methyl sites for hydroxylation is 2. The standard InChI is InChI=1S/C51H61N3O10S2/c1-33-15-18-37(19-16-33)66(62,63)54(48(57)47-38-10-4-6-12-43(38)53(27-9-29-65(59,60)61)44-13-7-5-11-39(44)47)28-8-14-45(55)52-36-21-24-49(2)35(31-36)17-20-42-41(49)22-25-50(3)40(23-26-51(42,50)58)34-30-46(56)64-32-34/h4-7,10-13,15-16,18-19,30,35-36,40-42,58H,8-9,14,17,20-29,31-32H2,1-3H3,(H-,52,55,59,60,61)/p+1/t35-,36+,40-,41+,42-,49+,50-,51+/m1/s1. The molecule has 3 aromatic carbocycles. The first kappa shape index (κ1) is 46.4. The summed E-state index contributed by atoms with van der Waals surface area (Å²) in [4.78, 5) is 40.8. The van der Waals surface area contributed by atoms with Crippen molar-refractivity contribution in [3.8, 4) is 0 Å². The van der Waals surface area contributed by atoms with Crippen molar-refractivity contribution >= 4 is 59.7 Å². The van der Waals surface area contributed by atoms with E-state index in [2.05, 4.69) is 19.2 Å². The average Bonchev–Trinajstić information content (AvgIpc) is 3.83. The van der Waals surface area contributed by atoms with Crippen molar-refractivity contribution in [3.63, 3.8) is 0 Å². The summed E-state index contributed by atoms with van der Waals surface area (Å²) in [7, 11) is -8.62. The van der Waals surface area contributed by atoms with E-state index in [1.807, 2.05) is 11.5 Å². The van der Waals surface area contributed by atoms with Gasteiger partial charge in [-0.15, -0.1) is 0 Å². The van der Waals surface area contributed by atoms with Gasteiger partial charge < -0.3 is 15.2 Å². The number of ether oxygens (including phenoxy) is 1. The van der Waals surface area contributed by atoms with Gasteiger partial charge in [0, 0.05) is 49.1 Å². The van der Waals surface area contributed by atoms with Crippen LogP contribution in [-0.4, -0.2) is 79.1 Å². The molecule has 352 valence electrons. The first-order valence-electron chi connectivity index (χ1n) is 23.7. The molecule has 0 spiro atoms. The summed E-state index contributed by atoms with van der Waals surface area (Å²) >= 11 is 0. The molecule has 66 heavy (non-hydrogen) atoms. The van der Waals surface area contributed by atoms with Crippen molar-refractivity contribution in [3.05, 3.63) is 95.6 Å². The molecule has 0 radical (unpaired) electrons. The molecular weight excluding hydrogens is 879 g/mol. The number of para-hydroxylation sites is 2. The third kappa shape index (κ3) is 8.15. The molecule has 5 aliphatic rings. The van der Waals surface area contributed by atoms with Crippen molar-refractivity contribution in [2.45, 2.75) is 121 Å². The van der Waals surface area contributed by atoms with E-state index in [-0.39, 0.29) is 83.4 Å². The fourth-order valence-electron chi connectivity index (χ4n) is 13.5. The number of benzene rings is 3. The minimum absolute atomic E-state index is 0.0141. The van der Waals surface area contributed by atoms with Crippen molar-refractivity contribution in [1.82, 2.24) is 9.62 Å². The molecule has 2 amide bonds. The Hall–Kier alpha value is -4.70. The largest absolute Gasteiger partial charge is 0.458 e. The summed E-state index contributed by atoms with van der Waals surface area (Å²) in [6.45, 7) is 6.78. The molecular formula is C51H62N3O10S2+. The van der Waals surface area contributed by atoms with Gasteiger partial charge in [-0.25, -0.2) is 17.5 Å². The molecule has 15 heteroatoms. The number of nitrogens with one attached hydrogen (secondary N) is 1. The lowest BCUT2D eigenvalue weighted by Crippen LogP contribution is -2.62. The van der Waals surface area contributed by atoms with E-state index >= 15 is 4.79 Å². The van der Waals surface area contributed by atoms with Gasteiger partial charge in [-0.3, -0.25) is 14.1 Å². The van der Waals surface area contributed by atoms with Gasteiger partial charge in [0.05, 0.1) is 32.6 Å². The van der Waals surface area contributed by atoms with Gasteiger partial charge in [0.15, 0.2) is 6.54 Å². The molecule has 1 aliphatic heterocycles. The Bertz CT molecular complexity index is 2790. The number of fused-ring (bicyclic) bond motifs is 7. The first-order valence-corrected chi connectivity index (χ1v) is 26.7. The van der Waals surface area contributed by atoms with Crippen molar-refractivity contribution in [2.75, 3.05) is 18.9 Å². The summed E-state index contributed by atoms with van der Waals surface area (Å²) in [5.41, 5.74) is 2.17. The Kier molecular flexibility index (Phi) is 12.3. The van der Waals surface area contributed by atoms with E-state index in [1.165, 1.54) is 12.1 Å². The molecule has 1 aromatic heterocycles. The van der Waals surface area contributed by atoms with Gasteiger partial charge in [-0.05, 0) is 130 Å². The molecule has 4 aromatic rings. The number of esters is 1. The summed E-state index contributed by atoms with van der Waals surface area (Å²) in [5.74, 6) is -0.587. The van der Waals surface area contributed by atoms with Crippen LogP contribution in [0.2, 0.25) is 0 Å². The Balaban J connectivity index is 0.907. The molecule has 4 aliphatic carbocycles. The second-order valence-corrected chi connectivity index (χ2v) is 23.8. The van der Waals surface area contributed by atoms with E-state index in [0.717, 1.165) is 73.2 Å². The van der Waals surface area contributed by atoms with E-state index in [9.17, 15) is 36.1 Å². The van der Waals surface area contributed by atoms with Crippen molar-refractivity contribution in [1.29, 1.82) is 0 Å². The van der Waals surface area contributed by atoms with E-state index in [1.54, 1.807) is 66.7 Å². The molecule has 8 atom stereocenters. The lowest BCUT2D eigenvalue weighted by Gasteiger charge is -2.64. The number of carbonyl (C=O) groups is 3. The molecule has 9 rings (SSSR count). The van der Waals surface area contributed by atoms with Crippen molar-refractivity contribution in [2.24, 2.45) is 34.5 Å². The first-order chi connectivity index (χ1) is 31.3. The Morgan fingerprint density at radius 1 is 0.848 bits per heavy atom. The molecule has 13 nitrogen and oxygen atoms in total. The third-order valence-corrected chi connectivity index (χ3v) is 19.5. The van der Waals surface area contributed by atoms with Gasteiger partial charge in [0.2, 0.25) is 16.9 Å². The average molecular weight is 941 g/mol. The minimum atomic E-state index is -4.41. The maximum absolute atomic E-state index is 15.0. The highest BCUT2D eigenvalue weighted by Crippen LogP contribution is 2.70. The van der Waals surface area contributed by atoms with Crippen LogP contribution >= 0.6 is 0 Å². The predicted octanol–water partition coefficient (Wildman–Crippen LogP) is 7.22. The molecule has 4 fully saturated rings. The predicted molar refractivity (Wildman–Crippen MR) is 249 cm³/mol. The smallest absolute Gasteiger partial charge is 0.331 e. The van der Waals surface area contributed by atoms with E-state index in [4.69, 9.17) is 4.74 Å². The molecule has 2 heterocycles. The minimum Gasteiger partial charge on any atom is -0.458 e. The van der Waals surface area contributed by atoms with Crippen molar-refractivity contribution < 1.29 is 50.2 Å². The van der Waals surface area contributed by atoms with Gasteiger partial charge in [-0.2, -0.15) is 13.0 Å². The quantitative estimate of drug-likeness (QED) is 0.0535. The number of hydrogen-bond donors (Lipinski definition) is 3. The van der Waals surface area contributed by atoms with Crippen LogP contribution in [0.5, 0.6) is 0 Å². The molecule has 4 saturated carbocycles. The topological polar surface area (TPSA) is 188 Å². The number of amides is 2. The number of hydrogen-bond acceptors (Lipinski definition) is 9. The summed E-state index contributed by atoms with van der Waals surface area (Å²) in [6, 6.07) is 20.5. The lowest BCUT2D eigenvalue weighted by molar-refractivity contribution is -0.645. The third-order valence-electron chi connectivity index (χ3n) is 16.9. The fraction of sp³-hybridized carbons (Fsp3) is 0.529. The van der Waals surface area contributed by atoms with Crippen LogP contribution in [0, 0.1) is 41.4 Å². The van der Waals surface area contributed by atoms with Crippen LogP contribution in [0.3, 0.4) is 0 Å². The molecule has 0 bridgehead atoms. The number of rotatable bonds is 13. The zero-order chi connectivity index (χ0) is 46.8. The Morgan fingerprint density at radius 2 is 1.53 bits per heavy atom. The molecule has 0 unspecified atom stereocenters. The monoisotopic (exact) mass is 940 g/mol.